The lowest BCUT2D eigenvalue weighted by Gasteiger charge is -2.25. The second-order valence-electron chi connectivity index (χ2n) is 6.97. The van der Waals surface area contributed by atoms with Gasteiger partial charge in [-0.1, -0.05) is 22.5 Å². The third-order valence-corrected chi connectivity index (χ3v) is 5.11. The predicted molar refractivity (Wildman–Crippen MR) is 109 cm³/mol. The summed E-state index contributed by atoms with van der Waals surface area (Å²) in [5.74, 6) is 1.59. The summed E-state index contributed by atoms with van der Waals surface area (Å²) in [5, 5.41) is 23.3. The lowest BCUT2D eigenvalue weighted by atomic mass is 10.1. The minimum absolute atomic E-state index is 0.0454. The lowest BCUT2D eigenvalue weighted by Crippen LogP contribution is -2.29. The molecule has 0 fully saturated rings. The topological polar surface area (TPSA) is 125 Å². The molecule has 10 heteroatoms. The SMILES string of the molecule is CC(C)(CCO)Oc1cccc(-n2nnc(-c3nc(-c4cccs4)no3)c2N)c1. The van der Waals surface area contributed by atoms with Gasteiger partial charge < -0.3 is 20.1 Å². The first-order valence-electron chi connectivity index (χ1n) is 8.96. The van der Waals surface area contributed by atoms with Crippen LogP contribution in [0.1, 0.15) is 20.3 Å². The van der Waals surface area contributed by atoms with E-state index in [1.807, 2.05) is 49.6 Å². The van der Waals surface area contributed by atoms with E-state index in [1.54, 1.807) is 6.07 Å². The van der Waals surface area contributed by atoms with Crippen molar-refractivity contribution in [2.75, 3.05) is 12.3 Å². The fourth-order valence-corrected chi connectivity index (χ4v) is 3.43. The predicted octanol–water partition coefficient (Wildman–Crippen LogP) is 3.17. The number of rotatable bonds is 7. The lowest BCUT2D eigenvalue weighted by molar-refractivity contribution is 0.0765. The summed E-state index contributed by atoms with van der Waals surface area (Å²) in [6.45, 7) is 3.88. The molecule has 0 aliphatic carbocycles. The Bertz CT molecular complexity index is 1100. The molecule has 4 rings (SSSR count). The van der Waals surface area contributed by atoms with Crippen LogP contribution in [0.2, 0.25) is 0 Å². The summed E-state index contributed by atoms with van der Waals surface area (Å²) in [6.07, 6.45) is 0.510. The molecule has 0 spiro atoms. The van der Waals surface area contributed by atoms with Crippen LogP contribution in [0.4, 0.5) is 5.82 Å². The number of aromatic nitrogens is 5. The molecular formula is C19H20N6O3S. The van der Waals surface area contributed by atoms with Gasteiger partial charge in [0.05, 0.1) is 10.6 Å². The Kier molecular flexibility index (Phi) is 5.03. The molecule has 0 unspecified atom stereocenters. The molecular weight excluding hydrogens is 392 g/mol. The molecule has 0 bridgehead atoms. The van der Waals surface area contributed by atoms with Gasteiger partial charge in [0, 0.05) is 19.1 Å². The van der Waals surface area contributed by atoms with E-state index in [9.17, 15) is 5.11 Å². The van der Waals surface area contributed by atoms with E-state index in [1.165, 1.54) is 16.0 Å². The minimum Gasteiger partial charge on any atom is -0.488 e. The van der Waals surface area contributed by atoms with Crippen LogP contribution in [0.25, 0.3) is 28.0 Å². The minimum atomic E-state index is -0.506. The maximum Gasteiger partial charge on any atom is 0.282 e. The normalized spacial score (nSPS) is 11.7. The molecule has 0 radical (unpaired) electrons. The van der Waals surface area contributed by atoms with Gasteiger partial charge >= 0.3 is 0 Å². The summed E-state index contributed by atoms with van der Waals surface area (Å²) in [5.41, 5.74) is 6.74. The maximum absolute atomic E-state index is 9.18. The van der Waals surface area contributed by atoms with Crippen molar-refractivity contribution in [3.63, 3.8) is 0 Å². The Morgan fingerprint density at radius 1 is 1.28 bits per heavy atom. The molecule has 150 valence electrons. The average Bonchev–Trinajstić information content (AvgIpc) is 3.41. The van der Waals surface area contributed by atoms with E-state index in [0.29, 0.717) is 29.4 Å². The van der Waals surface area contributed by atoms with Crippen molar-refractivity contribution in [3.05, 3.63) is 41.8 Å². The van der Waals surface area contributed by atoms with E-state index >= 15 is 0 Å². The Hall–Kier alpha value is -3.24. The van der Waals surface area contributed by atoms with E-state index in [2.05, 4.69) is 20.5 Å². The van der Waals surface area contributed by atoms with Crippen molar-refractivity contribution in [2.45, 2.75) is 25.9 Å². The van der Waals surface area contributed by atoms with E-state index in [4.69, 9.17) is 15.0 Å². The van der Waals surface area contributed by atoms with Crippen molar-refractivity contribution < 1.29 is 14.4 Å². The maximum atomic E-state index is 9.18. The second-order valence-corrected chi connectivity index (χ2v) is 7.92. The van der Waals surface area contributed by atoms with Gasteiger partial charge in [0.25, 0.3) is 5.89 Å². The van der Waals surface area contributed by atoms with Crippen LogP contribution >= 0.6 is 11.3 Å². The Labute approximate surface area is 170 Å². The van der Waals surface area contributed by atoms with Crippen molar-refractivity contribution in [3.8, 4) is 33.7 Å². The summed E-state index contributed by atoms with van der Waals surface area (Å²) < 4.78 is 12.8. The number of benzene rings is 1. The van der Waals surface area contributed by atoms with Crippen LogP contribution in [0.15, 0.2) is 46.3 Å². The zero-order valence-electron chi connectivity index (χ0n) is 15.9. The van der Waals surface area contributed by atoms with Gasteiger partial charge in [-0.05, 0) is 37.4 Å². The number of hydrogen-bond acceptors (Lipinski definition) is 9. The van der Waals surface area contributed by atoms with Gasteiger partial charge in [-0.25, -0.2) is 0 Å². The number of nitrogen functional groups attached to an aromatic ring is 1. The van der Waals surface area contributed by atoms with Crippen molar-refractivity contribution in [1.82, 2.24) is 25.1 Å². The highest BCUT2D eigenvalue weighted by molar-refractivity contribution is 7.13. The third kappa shape index (κ3) is 3.98. The molecule has 9 nitrogen and oxygen atoms in total. The van der Waals surface area contributed by atoms with Gasteiger partial charge in [0.1, 0.15) is 11.4 Å². The zero-order valence-corrected chi connectivity index (χ0v) is 16.8. The molecule has 1 aromatic carbocycles. The van der Waals surface area contributed by atoms with Crippen molar-refractivity contribution in [2.24, 2.45) is 0 Å². The van der Waals surface area contributed by atoms with Gasteiger partial charge in [0.15, 0.2) is 11.5 Å². The third-order valence-electron chi connectivity index (χ3n) is 4.25. The summed E-state index contributed by atoms with van der Waals surface area (Å²) >= 11 is 1.51. The Morgan fingerprint density at radius 3 is 2.90 bits per heavy atom. The molecule has 3 heterocycles. The highest BCUT2D eigenvalue weighted by Gasteiger charge is 2.22. The van der Waals surface area contributed by atoms with Crippen molar-refractivity contribution >= 4 is 17.2 Å². The van der Waals surface area contributed by atoms with Gasteiger partial charge in [-0.3, -0.25) is 0 Å². The molecule has 3 aromatic heterocycles. The number of nitrogens with two attached hydrogens (primary N) is 1. The molecule has 0 saturated heterocycles. The fourth-order valence-electron chi connectivity index (χ4n) is 2.78. The number of aliphatic hydroxyl groups is 1. The zero-order chi connectivity index (χ0) is 20.4. The average molecular weight is 412 g/mol. The fraction of sp³-hybridized carbons (Fsp3) is 0.263. The Morgan fingerprint density at radius 2 is 2.14 bits per heavy atom. The van der Waals surface area contributed by atoms with E-state index in [0.717, 1.165) is 4.88 Å². The van der Waals surface area contributed by atoms with E-state index < -0.39 is 5.60 Å². The summed E-state index contributed by atoms with van der Waals surface area (Å²) in [7, 11) is 0. The number of anilines is 1. The van der Waals surface area contributed by atoms with Crippen LogP contribution in [0, 0.1) is 0 Å². The molecule has 0 saturated carbocycles. The van der Waals surface area contributed by atoms with Gasteiger partial charge in [-0.2, -0.15) is 9.67 Å². The highest BCUT2D eigenvalue weighted by atomic mass is 32.1. The molecule has 0 aliphatic rings. The first kappa shape index (κ1) is 19.1. The largest absolute Gasteiger partial charge is 0.488 e. The quantitative estimate of drug-likeness (QED) is 0.474. The number of ether oxygens (including phenoxy) is 1. The van der Waals surface area contributed by atoms with Gasteiger partial charge in [0.2, 0.25) is 5.82 Å². The molecule has 4 aromatic rings. The highest BCUT2D eigenvalue weighted by Crippen LogP contribution is 2.29. The number of nitrogens with zero attached hydrogens (tertiary/aromatic N) is 5. The molecule has 0 atom stereocenters. The molecule has 0 amide bonds. The van der Waals surface area contributed by atoms with E-state index in [-0.39, 0.29) is 18.3 Å². The van der Waals surface area contributed by atoms with Crippen LogP contribution in [0.3, 0.4) is 0 Å². The number of hydrogen-bond donors (Lipinski definition) is 2. The molecule has 0 aliphatic heterocycles. The van der Waals surface area contributed by atoms with Crippen LogP contribution < -0.4 is 10.5 Å². The first-order valence-corrected chi connectivity index (χ1v) is 9.84. The van der Waals surface area contributed by atoms with Crippen LogP contribution in [0.5, 0.6) is 5.75 Å². The number of thiophene rings is 1. The van der Waals surface area contributed by atoms with Crippen LogP contribution in [-0.4, -0.2) is 42.4 Å². The summed E-state index contributed by atoms with van der Waals surface area (Å²) in [6, 6.07) is 11.1. The molecule has 3 N–H and O–H groups in total. The first-order chi connectivity index (χ1) is 14.0. The summed E-state index contributed by atoms with van der Waals surface area (Å²) in [4.78, 5) is 5.26. The standard InChI is InChI=1S/C19H20N6O3S/c1-19(2,8-9-26)27-13-6-3-5-12(11-13)25-16(20)15(22-24-25)18-21-17(23-28-18)14-7-4-10-29-14/h3-7,10-11,26H,8-9,20H2,1-2H3. The van der Waals surface area contributed by atoms with Gasteiger partial charge in [-0.15, -0.1) is 16.4 Å². The molecule has 29 heavy (non-hydrogen) atoms. The number of aliphatic hydroxyl groups excluding tert-OH is 1. The second kappa shape index (κ2) is 7.64. The monoisotopic (exact) mass is 412 g/mol. The van der Waals surface area contributed by atoms with Crippen LogP contribution in [-0.2, 0) is 0 Å². The smallest absolute Gasteiger partial charge is 0.282 e. The Balaban J connectivity index is 1.62. The van der Waals surface area contributed by atoms with Crippen molar-refractivity contribution in [1.29, 1.82) is 0 Å².